The molecule has 5 heteroatoms. The highest BCUT2D eigenvalue weighted by Crippen LogP contribution is 2.49. The Labute approximate surface area is 123 Å². The van der Waals surface area contributed by atoms with Gasteiger partial charge in [-0.2, -0.15) is 13.2 Å². The second-order valence-electron chi connectivity index (χ2n) is 6.49. The molecule has 1 aromatic rings. The van der Waals surface area contributed by atoms with E-state index in [1.807, 2.05) is 12.1 Å². The predicted molar refractivity (Wildman–Crippen MR) is 77.0 cm³/mol. The number of likely N-dealkylation sites (tertiary alicyclic amines) is 1. The van der Waals surface area contributed by atoms with Crippen LogP contribution < -0.4 is 5.73 Å². The van der Waals surface area contributed by atoms with E-state index in [0.29, 0.717) is 13.1 Å². The molecule has 1 saturated heterocycles. The fourth-order valence-electron chi connectivity index (χ4n) is 3.37. The molecule has 0 aromatic heterocycles. The lowest BCUT2D eigenvalue weighted by Crippen LogP contribution is -2.42. The molecule has 0 amide bonds. The van der Waals surface area contributed by atoms with E-state index in [2.05, 4.69) is 17.0 Å². The lowest BCUT2D eigenvalue weighted by molar-refractivity contribution is -0.185. The first-order chi connectivity index (χ1) is 9.89. The Hall–Kier alpha value is -1.23. The van der Waals surface area contributed by atoms with E-state index >= 15 is 0 Å². The maximum atomic E-state index is 12.7. The number of anilines is 1. The van der Waals surface area contributed by atoms with Crippen LogP contribution >= 0.6 is 0 Å². The number of hydrogen-bond acceptors (Lipinski definition) is 2. The first kappa shape index (κ1) is 14.7. The molecule has 0 radical (unpaired) electrons. The second kappa shape index (κ2) is 5.20. The van der Waals surface area contributed by atoms with E-state index in [0.717, 1.165) is 25.1 Å². The molecule has 2 aliphatic rings. The third-order valence-electron chi connectivity index (χ3n) is 4.95. The Bertz CT molecular complexity index is 483. The summed E-state index contributed by atoms with van der Waals surface area (Å²) >= 11 is 0. The van der Waals surface area contributed by atoms with Crippen molar-refractivity contribution in [3.63, 3.8) is 0 Å². The molecule has 2 N–H and O–H groups in total. The van der Waals surface area contributed by atoms with Gasteiger partial charge in [-0.1, -0.05) is 12.1 Å². The summed E-state index contributed by atoms with van der Waals surface area (Å²) in [6.45, 7) is 1.99. The lowest BCUT2D eigenvalue weighted by Gasteiger charge is -2.35. The molecule has 1 aliphatic heterocycles. The summed E-state index contributed by atoms with van der Waals surface area (Å²) in [6.07, 6.45) is -1.31. The molecule has 116 valence electrons. The summed E-state index contributed by atoms with van der Waals surface area (Å²) in [4.78, 5) is 2.20. The number of halogens is 3. The SMILES string of the molecule is Nc1ccc(C2(CN3CCC(C(F)(F)F)CC3)CC2)cc1. The van der Waals surface area contributed by atoms with Crippen LogP contribution in [0.4, 0.5) is 18.9 Å². The van der Waals surface area contributed by atoms with Crippen molar-refractivity contribution >= 4 is 5.69 Å². The van der Waals surface area contributed by atoms with Crippen LogP contribution in [0.1, 0.15) is 31.2 Å². The Morgan fingerprint density at radius 2 is 1.67 bits per heavy atom. The Morgan fingerprint density at radius 3 is 2.14 bits per heavy atom. The highest BCUT2D eigenvalue weighted by molar-refractivity contribution is 5.43. The van der Waals surface area contributed by atoms with Gasteiger partial charge in [-0.25, -0.2) is 0 Å². The number of nitrogens with zero attached hydrogens (tertiary/aromatic N) is 1. The van der Waals surface area contributed by atoms with E-state index in [9.17, 15) is 13.2 Å². The highest BCUT2D eigenvalue weighted by Gasteiger charge is 2.47. The van der Waals surface area contributed by atoms with Crippen LogP contribution in [0.25, 0.3) is 0 Å². The minimum atomic E-state index is -4.03. The molecule has 0 atom stereocenters. The third kappa shape index (κ3) is 3.18. The lowest BCUT2D eigenvalue weighted by atomic mass is 9.92. The molecular weight excluding hydrogens is 277 g/mol. The van der Waals surface area contributed by atoms with Gasteiger partial charge in [0.25, 0.3) is 0 Å². The van der Waals surface area contributed by atoms with E-state index < -0.39 is 12.1 Å². The van der Waals surface area contributed by atoms with Gasteiger partial charge in [0.2, 0.25) is 0 Å². The molecule has 1 aliphatic carbocycles. The molecule has 21 heavy (non-hydrogen) atoms. The number of benzene rings is 1. The average molecular weight is 298 g/mol. The summed E-state index contributed by atoms with van der Waals surface area (Å²) < 4.78 is 38.1. The molecular formula is C16H21F3N2. The normalized spacial score (nSPS) is 23.2. The summed E-state index contributed by atoms with van der Waals surface area (Å²) in [5.74, 6) is -1.11. The van der Waals surface area contributed by atoms with Crippen molar-refractivity contribution in [2.24, 2.45) is 5.92 Å². The molecule has 1 heterocycles. The van der Waals surface area contributed by atoms with Crippen molar-refractivity contribution in [2.75, 3.05) is 25.4 Å². The van der Waals surface area contributed by atoms with Gasteiger partial charge in [0, 0.05) is 17.6 Å². The first-order valence-corrected chi connectivity index (χ1v) is 7.54. The Kier molecular flexibility index (Phi) is 3.64. The predicted octanol–water partition coefficient (Wildman–Crippen LogP) is 3.57. The third-order valence-corrected chi connectivity index (χ3v) is 4.95. The molecule has 2 nitrogen and oxygen atoms in total. The van der Waals surface area contributed by atoms with Crippen LogP contribution in [-0.2, 0) is 5.41 Å². The molecule has 0 bridgehead atoms. The molecule has 0 unspecified atom stereocenters. The summed E-state index contributed by atoms with van der Waals surface area (Å²) in [5.41, 5.74) is 7.89. The zero-order valence-electron chi connectivity index (χ0n) is 12.0. The number of alkyl halides is 3. The largest absolute Gasteiger partial charge is 0.399 e. The van der Waals surface area contributed by atoms with E-state index in [1.165, 1.54) is 5.56 Å². The minimum Gasteiger partial charge on any atom is -0.399 e. The Balaban J connectivity index is 1.59. The summed E-state index contributed by atoms with van der Waals surface area (Å²) in [6, 6.07) is 7.94. The van der Waals surface area contributed by atoms with Gasteiger partial charge in [-0.05, 0) is 56.5 Å². The minimum absolute atomic E-state index is 0.152. The van der Waals surface area contributed by atoms with Crippen LogP contribution in [0.3, 0.4) is 0 Å². The first-order valence-electron chi connectivity index (χ1n) is 7.54. The van der Waals surface area contributed by atoms with Crippen molar-refractivity contribution in [3.8, 4) is 0 Å². The fourth-order valence-corrected chi connectivity index (χ4v) is 3.37. The number of nitrogen functional groups attached to an aromatic ring is 1. The average Bonchev–Trinajstić information content (AvgIpc) is 3.20. The summed E-state index contributed by atoms with van der Waals surface area (Å²) in [5, 5.41) is 0. The Morgan fingerprint density at radius 1 is 1.10 bits per heavy atom. The number of nitrogens with two attached hydrogens (primary N) is 1. The zero-order chi connectivity index (χ0) is 15.1. The topological polar surface area (TPSA) is 29.3 Å². The number of hydrogen-bond donors (Lipinski definition) is 1. The van der Waals surface area contributed by atoms with E-state index in [1.54, 1.807) is 0 Å². The number of piperidine rings is 1. The van der Waals surface area contributed by atoms with E-state index in [4.69, 9.17) is 5.73 Å². The maximum absolute atomic E-state index is 12.7. The van der Waals surface area contributed by atoms with Crippen LogP contribution in [0, 0.1) is 5.92 Å². The van der Waals surface area contributed by atoms with Crippen molar-refractivity contribution in [3.05, 3.63) is 29.8 Å². The van der Waals surface area contributed by atoms with Crippen LogP contribution in [0.2, 0.25) is 0 Å². The van der Waals surface area contributed by atoms with Gasteiger partial charge in [0.15, 0.2) is 0 Å². The van der Waals surface area contributed by atoms with Crippen molar-refractivity contribution in [1.82, 2.24) is 4.90 Å². The summed E-state index contributed by atoms with van der Waals surface area (Å²) in [7, 11) is 0. The molecule has 3 rings (SSSR count). The van der Waals surface area contributed by atoms with Gasteiger partial charge in [-0.15, -0.1) is 0 Å². The zero-order valence-corrected chi connectivity index (χ0v) is 12.0. The van der Waals surface area contributed by atoms with Gasteiger partial charge in [0.05, 0.1) is 5.92 Å². The standard InChI is InChI=1S/C16H21F3N2/c17-16(18,19)13-5-9-21(10-6-13)11-15(7-8-15)12-1-3-14(20)4-2-12/h1-4,13H,5-11,20H2. The van der Waals surface area contributed by atoms with Crippen LogP contribution in [0.15, 0.2) is 24.3 Å². The number of rotatable bonds is 3. The van der Waals surface area contributed by atoms with Gasteiger partial charge >= 0.3 is 6.18 Å². The highest BCUT2D eigenvalue weighted by atomic mass is 19.4. The van der Waals surface area contributed by atoms with Crippen LogP contribution in [-0.4, -0.2) is 30.7 Å². The van der Waals surface area contributed by atoms with Crippen molar-refractivity contribution in [2.45, 2.75) is 37.3 Å². The van der Waals surface area contributed by atoms with Gasteiger partial charge in [0.1, 0.15) is 0 Å². The van der Waals surface area contributed by atoms with Gasteiger partial charge < -0.3 is 10.6 Å². The van der Waals surface area contributed by atoms with E-state index in [-0.39, 0.29) is 18.3 Å². The molecule has 1 saturated carbocycles. The molecule has 0 spiro atoms. The fraction of sp³-hybridized carbons (Fsp3) is 0.625. The second-order valence-corrected chi connectivity index (χ2v) is 6.49. The molecule has 2 fully saturated rings. The smallest absolute Gasteiger partial charge is 0.391 e. The van der Waals surface area contributed by atoms with Crippen molar-refractivity contribution < 1.29 is 13.2 Å². The monoisotopic (exact) mass is 298 g/mol. The quantitative estimate of drug-likeness (QED) is 0.864. The van der Waals surface area contributed by atoms with Crippen LogP contribution in [0.5, 0.6) is 0 Å². The van der Waals surface area contributed by atoms with Gasteiger partial charge in [-0.3, -0.25) is 0 Å². The maximum Gasteiger partial charge on any atom is 0.391 e. The van der Waals surface area contributed by atoms with Crippen molar-refractivity contribution in [1.29, 1.82) is 0 Å². The molecule has 1 aromatic carbocycles.